The van der Waals surface area contributed by atoms with Crippen LogP contribution >= 0.6 is 33.9 Å². The van der Waals surface area contributed by atoms with Crippen LogP contribution in [0.4, 0.5) is 0 Å². The lowest BCUT2D eigenvalue weighted by molar-refractivity contribution is 0.304. The lowest BCUT2D eigenvalue weighted by Crippen LogP contribution is -2.23. The van der Waals surface area contributed by atoms with Gasteiger partial charge in [0.15, 0.2) is 0 Å². The first kappa shape index (κ1) is 17.9. The van der Waals surface area contributed by atoms with Gasteiger partial charge < -0.3 is 4.74 Å². The standard InChI is InChI=1S/C18H14IN5O2S/c1-23-18(25)24(22-21-23)16-5-3-2-4-13(16)10-26-17-20-15(11-27-17)12-6-8-14(19)9-7-12/h2-9,11H,10H2,1H3. The Bertz CT molecular complexity index is 1130. The number of ether oxygens (including phenoxy) is 1. The summed E-state index contributed by atoms with van der Waals surface area (Å²) in [6.07, 6.45) is 0. The largest absolute Gasteiger partial charge is 0.465 e. The summed E-state index contributed by atoms with van der Waals surface area (Å²) in [6, 6.07) is 15.6. The average Bonchev–Trinajstić information content (AvgIpc) is 3.28. The Labute approximate surface area is 172 Å². The molecule has 7 nitrogen and oxygen atoms in total. The Hall–Kier alpha value is -2.53. The highest BCUT2D eigenvalue weighted by molar-refractivity contribution is 14.1. The van der Waals surface area contributed by atoms with Crippen molar-refractivity contribution in [3.63, 3.8) is 0 Å². The van der Waals surface area contributed by atoms with Crippen LogP contribution < -0.4 is 10.4 Å². The highest BCUT2D eigenvalue weighted by atomic mass is 127. The molecule has 0 saturated carbocycles. The quantitative estimate of drug-likeness (QED) is 0.401. The first-order valence-corrected chi connectivity index (χ1v) is 9.99. The maximum absolute atomic E-state index is 12.1. The molecule has 0 radical (unpaired) electrons. The fourth-order valence-electron chi connectivity index (χ4n) is 2.52. The predicted octanol–water partition coefficient (Wildman–Crippen LogP) is 3.27. The number of aromatic nitrogens is 5. The lowest BCUT2D eigenvalue weighted by Gasteiger charge is -2.08. The van der Waals surface area contributed by atoms with Crippen LogP contribution in [-0.2, 0) is 13.7 Å². The van der Waals surface area contributed by atoms with Gasteiger partial charge in [-0.15, -0.1) is 0 Å². The van der Waals surface area contributed by atoms with Crippen molar-refractivity contribution in [2.24, 2.45) is 7.05 Å². The molecule has 0 spiro atoms. The number of aryl methyl sites for hydroxylation is 1. The number of tetrazole rings is 1. The zero-order chi connectivity index (χ0) is 18.8. The number of hydrogen-bond acceptors (Lipinski definition) is 6. The molecule has 136 valence electrons. The van der Waals surface area contributed by atoms with Crippen molar-refractivity contribution in [3.8, 4) is 22.1 Å². The monoisotopic (exact) mass is 491 g/mol. The molecule has 0 N–H and O–H groups in total. The first-order chi connectivity index (χ1) is 13.1. The first-order valence-electron chi connectivity index (χ1n) is 8.03. The van der Waals surface area contributed by atoms with Crippen LogP contribution in [0.5, 0.6) is 5.19 Å². The third-order valence-electron chi connectivity index (χ3n) is 3.92. The van der Waals surface area contributed by atoms with Gasteiger partial charge in [0.2, 0.25) is 0 Å². The van der Waals surface area contributed by atoms with E-state index in [1.54, 1.807) is 7.05 Å². The van der Waals surface area contributed by atoms with Gasteiger partial charge in [0.1, 0.15) is 6.61 Å². The van der Waals surface area contributed by atoms with Crippen LogP contribution in [0, 0.1) is 3.57 Å². The van der Waals surface area contributed by atoms with E-state index in [0.29, 0.717) is 10.9 Å². The number of benzene rings is 2. The Morgan fingerprint density at radius 2 is 1.89 bits per heavy atom. The number of rotatable bonds is 5. The van der Waals surface area contributed by atoms with Crippen molar-refractivity contribution in [1.29, 1.82) is 0 Å². The second-order valence-electron chi connectivity index (χ2n) is 5.72. The van der Waals surface area contributed by atoms with Gasteiger partial charge in [-0.25, -0.2) is 9.78 Å². The number of para-hydroxylation sites is 1. The minimum atomic E-state index is -0.308. The Kier molecular flexibility index (Phi) is 5.03. The molecule has 2 heterocycles. The molecule has 4 rings (SSSR count). The number of hydrogen-bond donors (Lipinski definition) is 0. The smallest absolute Gasteiger partial charge is 0.368 e. The lowest BCUT2D eigenvalue weighted by atomic mass is 10.2. The molecule has 4 aromatic rings. The Morgan fingerprint density at radius 3 is 2.63 bits per heavy atom. The average molecular weight is 491 g/mol. The van der Waals surface area contributed by atoms with Gasteiger partial charge in [-0.1, -0.05) is 41.7 Å². The molecule has 0 amide bonds. The molecule has 0 fully saturated rings. The molecule has 0 aliphatic carbocycles. The molecule has 0 saturated heterocycles. The van der Waals surface area contributed by atoms with E-state index in [4.69, 9.17) is 4.74 Å². The van der Waals surface area contributed by atoms with Gasteiger partial charge in [-0.2, -0.15) is 9.36 Å². The van der Waals surface area contributed by atoms with Gasteiger partial charge in [-0.05, 0) is 51.2 Å². The molecular formula is C18H14IN5O2S. The van der Waals surface area contributed by atoms with Crippen LogP contribution in [0.2, 0.25) is 0 Å². The number of halogens is 1. The van der Waals surface area contributed by atoms with Gasteiger partial charge in [0, 0.05) is 27.1 Å². The molecule has 2 aromatic heterocycles. The van der Waals surface area contributed by atoms with Crippen LogP contribution in [0.3, 0.4) is 0 Å². The fourth-order valence-corrected chi connectivity index (χ4v) is 3.56. The summed E-state index contributed by atoms with van der Waals surface area (Å²) >= 11 is 3.72. The minimum absolute atomic E-state index is 0.277. The second-order valence-corrected chi connectivity index (χ2v) is 7.79. The van der Waals surface area contributed by atoms with E-state index in [0.717, 1.165) is 16.8 Å². The van der Waals surface area contributed by atoms with Crippen LogP contribution in [0.1, 0.15) is 5.56 Å². The number of thiazole rings is 1. The van der Waals surface area contributed by atoms with Gasteiger partial charge in [0.25, 0.3) is 5.19 Å². The van der Waals surface area contributed by atoms with Crippen molar-refractivity contribution in [2.45, 2.75) is 6.61 Å². The highest BCUT2D eigenvalue weighted by Crippen LogP contribution is 2.27. The van der Waals surface area contributed by atoms with E-state index < -0.39 is 0 Å². The molecule has 27 heavy (non-hydrogen) atoms. The summed E-state index contributed by atoms with van der Waals surface area (Å²) in [7, 11) is 1.56. The molecule has 0 atom stereocenters. The van der Waals surface area contributed by atoms with Gasteiger partial charge in [0.05, 0.1) is 11.4 Å². The zero-order valence-corrected chi connectivity index (χ0v) is 17.2. The van der Waals surface area contributed by atoms with Crippen LogP contribution in [0.25, 0.3) is 16.9 Å². The summed E-state index contributed by atoms with van der Waals surface area (Å²) < 4.78 is 9.49. The topological polar surface area (TPSA) is 74.8 Å². The van der Waals surface area contributed by atoms with Gasteiger partial charge in [-0.3, -0.25) is 0 Å². The Balaban J connectivity index is 1.54. The third-order valence-corrected chi connectivity index (χ3v) is 5.39. The van der Waals surface area contributed by atoms with Crippen molar-refractivity contribution >= 4 is 33.9 Å². The van der Waals surface area contributed by atoms with Crippen molar-refractivity contribution in [1.82, 2.24) is 24.8 Å². The molecular weight excluding hydrogens is 477 g/mol. The van der Waals surface area contributed by atoms with E-state index in [1.165, 1.54) is 24.3 Å². The van der Waals surface area contributed by atoms with Crippen LogP contribution in [0.15, 0.2) is 58.7 Å². The predicted molar refractivity (Wildman–Crippen MR) is 111 cm³/mol. The van der Waals surface area contributed by atoms with Gasteiger partial charge >= 0.3 is 5.69 Å². The molecule has 0 unspecified atom stereocenters. The summed E-state index contributed by atoms with van der Waals surface area (Å²) in [4.78, 5) is 16.7. The summed E-state index contributed by atoms with van der Waals surface area (Å²) in [5.41, 5.74) is 3.09. The normalized spacial score (nSPS) is 10.9. The molecule has 2 aromatic carbocycles. The fraction of sp³-hybridized carbons (Fsp3) is 0.111. The van der Waals surface area contributed by atoms with Crippen molar-refractivity contribution in [2.75, 3.05) is 0 Å². The maximum Gasteiger partial charge on any atom is 0.368 e. The van der Waals surface area contributed by atoms with Crippen LogP contribution in [-0.4, -0.2) is 24.8 Å². The van der Waals surface area contributed by atoms with E-state index in [1.807, 2.05) is 53.9 Å². The third kappa shape index (κ3) is 3.78. The number of nitrogens with zero attached hydrogens (tertiary/aromatic N) is 5. The van der Waals surface area contributed by atoms with E-state index in [-0.39, 0.29) is 12.3 Å². The zero-order valence-electron chi connectivity index (χ0n) is 14.2. The Morgan fingerprint density at radius 1 is 1.11 bits per heavy atom. The second kappa shape index (κ2) is 7.61. The molecule has 0 aliphatic heterocycles. The van der Waals surface area contributed by atoms with E-state index in [2.05, 4.69) is 38.0 Å². The molecule has 9 heteroatoms. The van der Waals surface area contributed by atoms with Crippen molar-refractivity contribution in [3.05, 3.63) is 73.5 Å². The maximum atomic E-state index is 12.1. The van der Waals surface area contributed by atoms with E-state index in [9.17, 15) is 4.79 Å². The SMILES string of the molecule is Cn1nnn(-c2ccccc2COc2nc(-c3ccc(I)cc3)cs2)c1=O. The molecule has 0 bridgehead atoms. The summed E-state index contributed by atoms with van der Waals surface area (Å²) in [5, 5.41) is 10.2. The van der Waals surface area contributed by atoms with E-state index >= 15 is 0 Å². The minimum Gasteiger partial charge on any atom is -0.465 e. The summed E-state index contributed by atoms with van der Waals surface area (Å²) in [6.45, 7) is 0.277. The molecule has 0 aliphatic rings. The highest BCUT2D eigenvalue weighted by Gasteiger charge is 2.12. The van der Waals surface area contributed by atoms with Crippen molar-refractivity contribution < 1.29 is 4.74 Å². The summed E-state index contributed by atoms with van der Waals surface area (Å²) in [5.74, 6) is 0.